The zero-order valence-electron chi connectivity index (χ0n) is 11.7. The maximum absolute atomic E-state index is 9.61. The van der Waals surface area contributed by atoms with Gasteiger partial charge >= 0.3 is 0 Å². The predicted molar refractivity (Wildman–Crippen MR) is 79.6 cm³/mol. The minimum Gasteiger partial charge on any atom is -0.508 e. The van der Waals surface area contributed by atoms with Crippen molar-refractivity contribution in [3.8, 4) is 5.75 Å². The first-order valence-corrected chi connectivity index (χ1v) is 7.22. The molecule has 0 spiro atoms. The maximum Gasteiger partial charge on any atom is 0.115 e. The molecule has 1 aliphatic rings. The van der Waals surface area contributed by atoms with Crippen LogP contribution in [0, 0.1) is 0 Å². The van der Waals surface area contributed by atoms with Gasteiger partial charge in [-0.25, -0.2) is 0 Å². The largest absolute Gasteiger partial charge is 0.508 e. The van der Waals surface area contributed by atoms with Gasteiger partial charge in [-0.1, -0.05) is 6.07 Å². The standard InChI is InChI=1S/C17H20N2O/c1-12(13-7-9-18-10-8-13)19-17-4-2-3-14-11-15(20)5-6-16(14)17/h5-12,17,19-20H,2-4H2,1H3. The number of pyridine rings is 1. The molecule has 0 saturated heterocycles. The average Bonchev–Trinajstić information content (AvgIpc) is 2.48. The summed E-state index contributed by atoms with van der Waals surface area (Å²) >= 11 is 0. The third kappa shape index (κ3) is 2.68. The molecule has 1 aromatic carbocycles. The molecule has 0 amide bonds. The molecule has 20 heavy (non-hydrogen) atoms. The summed E-state index contributed by atoms with van der Waals surface area (Å²) in [4.78, 5) is 4.06. The molecule has 2 unspecified atom stereocenters. The molecule has 2 N–H and O–H groups in total. The zero-order chi connectivity index (χ0) is 13.9. The number of nitrogens with one attached hydrogen (secondary N) is 1. The van der Waals surface area contributed by atoms with E-state index >= 15 is 0 Å². The molecule has 0 saturated carbocycles. The highest BCUT2D eigenvalue weighted by molar-refractivity contribution is 5.38. The van der Waals surface area contributed by atoms with Crippen LogP contribution in [0.3, 0.4) is 0 Å². The van der Waals surface area contributed by atoms with Crippen molar-refractivity contribution in [3.63, 3.8) is 0 Å². The molecule has 3 rings (SSSR count). The Morgan fingerprint density at radius 2 is 2.05 bits per heavy atom. The van der Waals surface area contributed by atoms with Crippen LogP contribution in [0.2, 0.25) is 0 Å². The highest BCUT2D eigenvalue weighted by atomic mass is 16.3. The van der Waals surface area contributed by atoms with Gasteiger partial charge in [0.25, 0.3) is 0 Å². The number of benzene rings is 1. The number of aryl methyl sites for hydroxylation is 1. The van der Waals surface area contributed by atoms with E-state index in [2.05, 4.69) is 35.4 Å². The zero-order valence-corrected chi connectivity index (χ0v) is 11.7. The number of hydrogen-bond donors (Lipinski definition) is 2. The Hall–Kier alpha value is -1.87. The Kier molecular flexibility index (Phi) is 3.70. The Bertz CT molecular complexity index is 583. The number of fused-ring (bicyclic) bond motifs is 1. The Morgan fingerprint density at radius 3 is 2.85 bits per heavy atom. The predicted octanol–water partition coefficient (Wildman–Crippen LogP) is 3.52. The molecule has 1 heterocycles. The summed E-state index contributed by atoms with van der Waals surface area (Å²) in [6.07, 6.45) is 7.04. The lowest BCUT2D eigenvalue weighted by Gasteiger charge is -2.29. The molecule has 1 aliphatic carbocycles. The van der Waals surface area contributed by atoms with Gasteiger partial charge in [0.2, 0.25) is 0 Å². The van der Waals surface area contributed by atoms with Gasteiger partial charge in [0.15, 0.2) is 0 Å². The van der Waals surface area contributed by atoms with E-state index in [9.17, 15) is 5.11 Å². The Morgan fingerprint density at radius 1 is 1.25 bits per heavy atom. The third-order valence-electron chi connectivity index (χ3n) is 4.10. The number of aromatic nitrogens is 1. The molecule has 104 valence electrons. The number of aromatic hydroxyl groups is 1. The number of phenolic OH excluding ortho intramolecular Hbond substituents is 1. The smallest absolute Gasteiger partial charge is 0.115 e. The minimum atomic E-state index is 0.294. The molecular formula is C17H20N2O. The first kappa shape index (κ1) is 13.1. The molecule has 3 heteroatoms. The topological polar surface area (TPSA) is 45.1 Å². The Labute approximate surface area is 119 Å². The van der Waals surface area contributed by atoms with Crippen LogP contribution in [0.15, 0.2) is 42.7 Å². The first-order valence-electron chi connectivity index (χ1n) is 7.22. The lowest BCUT2D eigenvalue weighted by molar-refractivity contribution is 0.412. The van der Waals surface area contributed by atoms with Gasteiger partial charge in [-0.15, -0.1) is 0 Å². The fourth-order valence-corrected chi connectivity index (χ4v) is 3.02. The van der Waals surface area contributed by atoms with Gasteiger partial charge in [-0.05, 0) is 67.1 Å². The molecule has 1 aromatic heterocycles. The number of rotatable bonds is 3. The van der Waals surface area contributed by atoms with Crippen LogP contribution in [-0.2, 0) is 6.42 Å². The second-order valence-electron chi connectivity index (χ2n) is 5.50. The summed E-state index contributed by atoms with van der Waals surface area (Å²) in [6, 6.07) is 10.5. The second-order valence-corrected chi connectivity index (χ2v) is 5.50. The lowest BCUT2D eigenvalue weighted by atomic mass is 9.87. The number of phenols is 1. The van der Waals surface area contributed by atoms with E-state index < -0.39 is 0 Å². The van der Waals surface area contributed by atoms with Crippen molar-refractivity contribution < 1.29 is 5.11 Å². The van der Waals surface area contributed by atoms with Crippen LogP contribution < -0.4 is 5.32 Å². The molecule has 0 radical (unpaired) electrons. The quantitative estimate of drug-likeness (QED) is 0.895. The van der Waals surface area contributed by atoms with Crippen molar-refractivity contribution in [2.24, 2.45) is 0 Å². The van der Waals surface area contributed by atoms with Crippen molar-refractivity contribution in [1.82, 2.24) is 10.3 Å². The van der Waals surface area contributed by atoms with Crippen molar-refractivity contribution in [3.05, 3.63) is 59.4 Å². The molecule has 2 aromatic rings. The van der Waals surface area contributed by atoms with Gasteiger partial charge in [-0.3, -0.25) is 4.98 Å². The van der Waals surface area contributed by atoms with E-state index in [1.807, 2.05) is 18.5 Å². The molecule has 0 aliphatic heterocycles. The highest BCUT2D eigenvalue weighted by Crippen LogP contribution is 2.33. The lowest BCUT2D eigenvalue weighted by Crippen LogP contribution is -2.27. The summed E-state index contributed by atoms with van der Waals surface area (Å²) in [6.45, 7) is 2.18. The normalized spacial score (nSPS) is 19.4. The van der Waals surface area contributed by atoms with Crippen LogP contribution >= 0.6 is 0 Å². The number of nitrogens with zero attached hydrogens (tertiary/aromatic N) is 1. The van der Waals surface area contributed by atoms with Crippen LogP contribution in [-0.4, -0.2) is 10.1 Å². The second kappa shape index (κ2) is 5.63. The monoisotopic (exact) mass is 268 g/mol. The third-order valence-corrected chi connectivity index (χ3v) is 4.10. The number of hydrogen-bond acceptors (Lipinski definition) is 3. The van der Waals surface area contributed by atoms with E-state index in [1.54, 1.807) is 6.07 Å². The fraction of sp³-hybridized carbons (Fsp3) is 0.353. The molecule has 0 bridgehead atoms. The van der Waals surface area contributed by atoms with E-state index in [0.717, 1.165) is 19.3 Å². The first-order chi connectivity index (χ1) is 9.74. The van der Waals surface area contributed by atoms with Crippen LogP contribution in [0.5, 0.6) is 5.75 Å². The summed E-state index contributed by atoms with van der Waals surface area (Å²) in [5.41, 5.74) is 3.86. The van der Waals surface area contributed by atoms with Gasteiger partial charge in [0.1, 0.15) is 5.75 Å². The van der Waals surface area contributed by atoms with Gasteiger partial charge in [0, 0.05) is 24.5 Å². The summed E-state index contributed by atoms with van der Waals surface area (Å²) in [5, 5.41) is 13.3. The molecular weight excluding hydrogens is 248 g/mol. The SMILES string of the molecule is CC(NC1CCCc2cc(O)ccc21)c1ccncc1. The van der Waals surface area contributed by atoms with Gasteiger partial charge in [-0.2, -0.15) is 0 Å². The van der Waals surface area contributed by atoms with Crippen molar-refractivity contribution >= 4 is 0 Å². The minimum absolute atomic E-state index is 0.294. The van der Waals surface area contributed by atoms with E-state index in [0.29, 0.717) is 17.8 Å². The summed E-state index contributed by atoms with van der Waals surface area (Å²) in [5.74, 6) is 0.367. The summed E-state index contributed by atoms with van der Waals surface area (Å²) in [7, 11) is 0. The fourth-order valence-electron chi connectivity index (χ4n) is 3.02. The maximum atomic E-state index is 9.61. The van der Waals surface area contributed by atoms with E-state index in [4.69, 9.17) is 0 Å². The molecule has 2 atom stereocenters. The Balaban J connectivity index is 1.80. The van der Waals surface area contributed by atoms with Crippen molar-refractivity contribution in [2.45, 2.75) is 38.3 Å². The van der Waals surface area contributed by atoms with Crippen LogP contribution in [0.4, 0.5) is 0 Å². The van der Waals surface area contributed by atoms with Crippen molar-refractivity contribution in [2.75, 3.05) is 0 Å². The van der Waals surface area contributed by atoms with Crippen LogP contribution in [0.1, 0.15) is 48.5 Å². The van der Waals surface area contributed by atoms with E-state index in [-0.39, 0.29) is 0 Å². The van der Waals surface area contributed by atoms with Gasteiger partial charge < -0.3 is 10.4 Å². The van der Waals surface area contributed by atoms with Crippen LogP contribution in [0.25, 0.3) is 0 Å². The summed E-state index contributed by atoms with van der Waals surface area (Å²) < 4.78 is 0. The van der Waals surface area contributed by atoms with E-state index in [1.165, 1.54) is 16.7 Å². The molecule has 3 nitrogen and oxygen atoms in total. The highest BCUT2D eigenvalue weighted by Gasteiger charge is 2.22. The molecule has 0 fully saturated rings. The van der Waals surface area contributed by atoms with Crippen molar-refractivity contribution in [1.29, 1.82) is 0 Å². The average molecular weight is 268 g/mol. The van der Waals surface area contributed by atoms with Gasteiger partial charge in [0.05, 0.1) is 0 Å².